The average molecular weight is 289 g/mol. The second-order valence-corrected chi connectivity index (χ2v) is 5.77. The highest BCUT2D eigenvalue weighted by molar-refractivity contribution is 6.05. The molecule has 6 heteroatoms. The van der Waals surface area contributed by atoms with Gasteiger partial charge in [0.25, 0.3) is 0 Å². The van der Waals surface area contributed by atoms with E-state index >= 15 is 0 Å². The molecule has 0 unspecified atom stereocenters. The average Bonchev–Trinajstić information content (AvgIpc) is 2.41. The molecule has 0 aromatic heterocycles. The molecular formula is C15H20FN5. The van der Waals surface area contributed by atoms with Crippen molar-refractivity contribution in [1.29, 1.82) is 0 Å². The molecule has 1 saturated carbocycles. The maximum atomic E-state index is 14.4. The maximum Gasteiger partial charge on any atom is 0.220 e. The first kappa shape index (κ1) is 13.9. The summed E-state index contributed by atoms with van der Waals surface area (Å²) in [4.78, 5) is 10.3. The molecule has 2 aliphatic rings. The van der Waals surface area contributed by atoms with Crippen LogP contribution in [0.3, 0.4) is 0 Å². The fourth-order valence-corrected chi connectivity index (χ4v) is 3.26. The molecule has 1 aromatic carbocycles. The van der Waals surface area contributed by atoms with Gasteiger partial charge in [-0.25, -0.2) is 9.38 Å². The van der Waals surface area contributed by atoms with Crippen LogP contribution in [-0.4, -0.2) is 17.6 Å². The minimum Gasteiger partial charge on any atom is -0.369 e. The Kier molecular flexibility index (Phi) is 3.31. The minimum absolute atomic E-state index is 0.179. The first-order valence-corrected chi connectivity index (χ1v) is 7.28. The maximum absolute atomic E-state index is 14.4. The van der Waals surface area contributed by atoms with Crippen molar-refractivity contribution < 1.29 is 4.39 Å². The Hall–Kier alpha value is -2.11. The summed E-state index contributed by atoms with van der Waals surface area (Å²) in [6.07, 6.45) is 4.80. The molecule has 0 radical (unpaired) electrons. The largest absolute Gasteiger partial charge is 0.369 e. The van der Waals surface area contributed by atoms with Crippen LogP contribution in [0, 0.1) is 12.7 Å². The van der Waals surface area contributed by atoms with Crippen LogP contribution in [0.2, 0.25) is 0 Å². The predicted octanol–water partition coefficient (Wildman–Crippen LogP) is 2.24. The van der Waals surface area contributed by atoms with E-state index in [1.165, 1.54) is 6.07 Å². The monoisotopic (exact) mass is 289 g/mol. The molecular weight excluding hydrogens is 269 g/mol. The summed E-state index contributed by atoms with van der Waals surface area (Å²) >= 11 is 0. The molecule has 0 amide bonds. The third kappa shape index (κ3) is 2.34. The van der Waals surface area contributed by atoms with Crippen LogP contribution in [0.5, 0.6) is 0 Å². The van der Waals surface area contributed by atoms with Crippen LogP contribution in [0.1, 0.15) is 37.7 Å². The molecule has 1 heterocycles. The lowest BCUT2D eigenvalue weighted by Crippen LogP contribution is -2.58. The number of nitrogens with zero attached hydrogens (tertiary/aromatic N) is 3. The van der Waals surface area contributed by atoms with E-state index in [1.807, 2.05) is 13.0 Å². The lowest BCUT2D eigenvalue weighted by atomic mass is 9.87. The van der Waals surface area contributed by atoms with E-state index in [4.69, 9.17) is 11.5 Å². The van der Waals surface area contributed by atoms with Crippen molar-refractivity contribution >= 4 is 17.6 Å². The standard InChI is InChI=1S/C15H20FN5/c1-10-5-6-12(11(16)9-10)21-14(18)19-13(17)20-15(21)7-3-2-4-8-15/h5-6,9H,2-4,7-8H2,1H3,(H4,17,18,19,20). The topological polar surface area (TPSA) is 80.0 Å². The third-order valence-corrected chi connectivity index (χ3v) is 4.20. The Balaban J connectivity index is 2.10. The molecule has 3 rings (SSSR count). The van der Waals surface area contributed by atoms with E-state index in [9.17, 15) is 4.39 Å². The van der Waals surface area contributed by atoms with Crippen molar-refractivity contribution in [2.75, 3.05) is 4.90 Å². The number of halogens is 1. The summed E-state index contributed by atoms with van der Waals surface area (Å²) in [5.41, 5.74) is 12.5. The number of nitrogens with two attached hydrogens (primary N) is 2. The minimum atomic E-state index is -0.593. The van der Waals surface area contributed by atoms with Crippen molar-refractivity contribution in [3.63, 3.8) is 0 Å². The second kappa shape index (κ2) is 5.02. The van der Waals surface area contributed by atoms with Gasteiger partial charge in [-0.1, -0.05) is 12.5 Å². The third-order valence-electron chi connectivity index (χ3n) is 4.20. The molecule has 21 heavy (non-hydrogen) atoms. The highest BCUT2D eigenvalue weighted by Crippen LogP contribution is 2.40. The highest BCUT2D eigenvalue weighted by Gasteiger charge is 2.43. The van der Waals surface area contributed by atoms with E-state index in [0.717, 1.165) is 37.7 Å². The van der Waals surface area contributed by atoms with E-state index in [-0.39, 0.29) is 17.7 Å². The van der Waals surface area contributed by atoms with Crippen molar-refractivity contribution in [1.82, 2.24) is 0 Å². The number of hydrogen-bond acceptors (Lipinski definition) is 5. The fraction of sp³-hybridized carbons (Fsp3) is 0.467. The second-order valence-electron chi connectivity index (χ2n) is 5.77. The summed E-state index contributed by atoms with van der Waals surface area (Å²) in [5, 5.41) is 0. The number of aliphatic imine (C=N–C) groups is 2. The molecule has 1 aromatic rings. The Bertz CT molecular complexity index is 616. The smallest absolute Gasteiger partial charge is 0.220 e. The molecule has 0 saturated heterocycles. The first-order valence-electron chi connectivity index (χ1n) is 7.28. The molecule has 4 N–H and O–H groups in total. The molecule has 112 valence electrons. The summed E-state index contributed by atoms with van der Waals surface area (Å²) in [6, 6.07) is 5.10. The van der Waals surface area contributed by atoms with Crippen LogP contribution in [0.4, 0.5) is 10.1 Å². The number of benzene rings is 1. The number of rotatable bonds is 1. The van der Waals surface area contributed by atoms with Crippen LogP contribution < -0.4 is 16.4 Å². The summed E-state index contributed by atoms with van der Waals surface area (Å²) < 4.78 is 14.4. The van der Waals surface area contributed by atoms with Gasteiger partial charge in [0.15, 0.2) is 0 Å². The quantitative estimate of drug-likeness (QED) is 0.832. The Morgan fingerprint density at radius 3 is 2.57 bits per heavy atom. The Morgan fingerprint density at radius 1 is 1.19 bits per heavy atom. The molecule has 1 aliphatic carbocycles. The van der Waals surface area contributed by atoms with Crippen LogP contribution in [0.25, 0.3) is 0 Å². The first-order chi connectivity index (χ1) is 10.0. The van der Waals surface area contributed by atoms with E-state index in [0.29, 0.717) is 5.69 Å². The summed E-state index contributed by atoms with van der Waals surface area (Å²) in [7, 11) is 0. The Labute approximate surface area is 123 Å². The fourth-order valence-electron chi connectivity index (χ4n) is 3.26. The van der Waals surface area contributed by atoms with E-state index in [2.05, 4.69) is 9.98 Å². The number of aryl methyl sites for hydroxylation is 1. The zero-order valence-electron chi connectivity index (χ0n) is 12.1. The molecule has 1 fully saturated rings. The molecule has 0 bridgehead atoms. The van der Waals surface area contributed by atoms with Crippen LogP contribution in [0.15, 0.2) is 28.2 Å². The van der Waals surface area contributed by atoms with Crippen molar-refractivity contribution in [3.05, 3.63) is 29.6 Å². The zero-order valence-corrected chi connectivity index (χ0v) is 12.1. The summed E-state index contributed by atoms with van der Waals surface area (Å²) in [6.45, 7) is 1.85. The van der Waals surface area contributed by atoms with Crippen molar-refractivity contribution in [2.45, 2.75) is 44.7 Å². The van der Waals surface area contributed by atoms with Crippen LogP contribution >= 0.6 is 0 Å². The lowest BCUT2D eigenvalue weighted by Gasteiger charge is -2.45. The zero-order chi connectivity index (χ0) is 15.0. The molecule has 0 atom stereocenters. The van der Waals surface area contributed by atoms with Gasteiger partial charge in [0.05, 0.1) is 5.69 Å². The SMILES string of the molecule is Cc1ccc(N2C(N)=NC(N)=NC23CCCCC3)c(F)c1. The number of guanidine groups is 2. The summed E-state index contributed by atoms with van der Waals surface area (Å²) in [5.74, 6) is 0.0825. The lowest BCUT2D eigenvalue weighted by molar-refractivity contribution is 0.304. The van der Waals surface area contributed by atoms with E-state index in [1.54, 1.807) is 11.0 Å². The van der Waals surface area contributed by atoms with Gasteiger partial charge < -0.3 is 11.5 Å². The molecule has 5 nitrogen and oxygen atoms in total. The van der Waals surface area contributed by atoms with Gasteiger partial charge in [0.1, 0.15) is 11.5 Å². The van der Waals surface area contributed by atoms with Gasteiger partial charge in [-0.2, -0.15) is 4.99 Å². The van der Waals surface area contributed by atoms with Crippen LogP contribution in [-0.2, 0) is 0 Å². The van der Waals surface area contributed by atoms with Gasteiger partial charge in [-0.05, 0) is 50.3 Å². The van der Waals surface area contributed by atoms with E-state index < -0.39 is 5.66 Å². The number of anilines is 1. The molecule has 1 spiro atoms. The van der Waals surface area contributed by atoms with Crippen molar-refractivity contribution in [2.24, 2.45) is 21.5 Å². The molecule has 1 aliphatic heterocycles. The van der Waals surface area contributed by atoms with Gasteiger partial charge in [0, 0.05) is 0 Å². The van der Waals surface area contributed by atoms with Gasteiger partial charge in [-0.3, -0.25) is 4.90 Å². The Morgan fingerprint density at radius 2 is 1.90 bits per heavy atom. The van der Waals surface area contributed by atoms with Crippen molar-refractivity contribution in [3.8, 4) is 0 Å². The van der Waals surface area contributed by atoms with Gasteiger partial charge in [-0.15, -0.1) is 0 Å². The highest BCUT2D eigenvalue weighted by atomic mass is 19.1. The van der Waals surface area contributed by atoms with Gasteiger partial charge >= 0.3 is 0 Å². The number of hydrogen-bond donors (Lipinski definition) is 2. The normalized spacial score (nSPS) is 21.1. The predicted molar refractivity (Wildman–Crippen MR) is 82.7 cm³/mol. The van der Waals surface area contributed by atoms with Gasteiger partial charge in [0.2, 0.25) is 11.9 Å².